The summed E-state index contributed by atoms with van der Waals surface area (Å²) < 4.78 is 11.8. The maximum absolute atomic E-state index is 13.5. The number of Topliss-reactive ketones (excluding diaryl/α,β-unsaturated/α-hetero) is 1. The minimum Gasteiger partial charge on any atom is -0.507 e. The number of ether oxygens (including phenoxy) is 2. The third kappa shape index (κ3) is 5.14. The fourth-order valence-electron chi connectivity index (χ4n) is 4.76. The smallest absolute Gasteiger partial charge is 0.300 e. The molecular weight excluding hydrogens is 506 g/mol. The van der Waals surface area contributed by atoms with Crippen LogP contribution in [0.25, 0.3) is 5.76 Å². The van der Waals surface area contributed by atoms with E-state index in [0.29, 0.717) is 35.0 Å². The van der Waals surface area contributed by atoms with Crippen LogP contribution in [-0.4, -0.2) is 28.5 Å². The van der Waals surface area contributed by atoms with Crippen molar-refractivity contribution in [2.75, 3.05) is 11.5 Å². The molecule has 1 unspecified atom stereocenters. The number of phenolic OH excluding ortho intramolecular Hbond substituents is 1. The van der Waals surface area contributed by atoms with E-state index in [2.05, 4.69) is 0 Å². The Hall–Kier alpha value is -5.04. The number of amides is 1. The topological polar surface area (TPSA) is 96.3 Å². The van der Waals surface area contributed by atoms with Crippen LogP contribution in [-0.2, 0) is 9.59 Å². The van der Waals surface area contributed by atoms with Crippen molar-refractivity contribution >= 4 is 23.1 Å². The lowest BCUT2D eigenvalue weighted by molar-refractivity contribution is -0.132. The number of rotatable bonds is 8. The summed E-state index contributed by atoms with van der Waals surface area (Å²) in [6, 6.07) is 26.6. The highest BCUT2D eigenvalue weighted by atomic mass is 16.5. The zero-order valence-corrected chi connectivity index (χ0v) is 22.2. The van der Waals surface area contributed by atoms with E-state index in [-0.39, 0.29) is 22.8 Å². The maximum Gasteiger partial charge on any atom is 0.300 e. The van der Waals surface area contributed by atoms with Crippen LogP contribution in [0.4, 0.5) is 5.69 Å². The highest BCUT2D eigenvalue weighted by Gasteiger charge is 2.47. The Morgan fingerprint density at radius 2 is 1.60 bits per heavy atom. The molecule has 0 aromatic heterocycles. The van der Waals surface area contributed by atoms with Crippen LogP contribution < -0.4 is 14.4 Å². The van der Waals surface area contributed by atoms with E-state index in [4.69, 9.17) is 9.47 Å². The van der Waals surface area contributed by atoms with Crippen molar-refractivity contribution in [1.82, 2.24) is 0 Å². The lowest BCUT2D eigenvalue weighted by atomic mass is 9.94. The van der Waals surface area contributed by atoms with E-state index in [9.17, 15) is 19.8 Å². The summed E-state index contributed by atoms with van der Waals surface area (Å²) in [6.45, 7) is 4.42. The summed E-state index contributed by atoms with van der Waals surface area (Å²) in [4.78, 5) is 28.2. The molecule has 0 aliphatic carbocycles. The number of aliphatic hydroxyl groups excluding tert-OH is 1. The molecule has 1 heterocycles. The first-order valence-corrected chi connectivity index (χ1v) is 13.0. The third-order valence-corrected chi connectivity index (χ3v) is 6.65. The van der Waals surface area contributed by atoms with Crippen LogP contribution >= 0.6 is 0 Å². The van der Waals surface area contributed by atoms with Crippen LogP contribution in [0.2, 0.25) is 0 Å². The lowest BCUT2D eigenvalue weighted by Gasteiger charge is -2.26. The highest BCUT2D eigenvalue weighted by molar-refractivity contribution is 6.51. The molecule has 1 aliphatic rings. The van der Waals surface area contributed by atoms with E-state index in [1.54, 1.807) is 60.7 Å². The van der Waals surface area contributed by atoms with Crippen molar-refractivity contribution in [3.8, 4) is 23.0 Å². The summed E-state index contributed by atoms with van der Waals surface area (Å²) in [5.74, 6) is -0.420. The molecule has 5 rings (SSSR count). The van der Waals surface area contributed by atoms with Crippen LogP contribution in [0.3, 0.4) is 0 Å². The van der Waals surface area contributed by atoms with Crippen molar-refractivity contribution in [3.63, 3.8) is 0 Å². The minimum atomic E-state index is -1.02. The average Bonchev–Trinajstić information content (AvgIpc) is 3.23. The van der Waals surface area contributed by atoms with Crippen molar-refractivity contribution in [2.24, 2.45) is 0 Å². The largest absolute Gasteiger partial charge is 0.507 e. The molecule has 7 nitrogen and oxygen atoms in total. The molecule has 4 aromatic carbocycles. The number of nitrogens with zero attached hydrogens (tertiary/aromatic N) is 1. The van der Waals surface area contributed by atoms with Gasteiger partial charge in [-0.2, -0.15) is 0 Å². The number of para-hydroxylation sites is 3. The number of carbonyl (C=O) groups is 2. The summed E-state index contributed by atoms with van der Waals surface area (Å²) in [5, 5.41) is 22.2. The van der Waals surface area contributed by atoms with Gasteiger partial charge in [-0.3, -0.25) is 14.5 Å². The second kappa shape index (κ2) is 11.4. The zero-order valence-electron chi connectivity index (χ0n) is 22.2. The molecule has 202 valence electrons. The number of aryl methyl sites for hydroxylation is 1. The molecule has 40 heavy (non-hydrogen) atoms. The lowest BCUT2D eigenvalue weighted by Crippen LogP contribution is -2.29. The molecule has 0 saturated carbocycles. The standard InChI is InChI=1S/C33H29NO6/c1-3-18-39-28-17-16-23(19-21(28)2)31(36)29-30(34(33(38)32(29)37)26-14-7-8-15-27(26)35)22-10-9-13-25(20-22)40-24-11-5-4-6-12-24/h4-17,19-20,30,35-36H,3,18H2,1-2H3/b31-29+. The third-order valence-electron chi connectivity index (χ3n) is 6.65. The van der Waals surface area contributed by atoms with E-state index >= 15 is 0 Å². The van der Waals surface area contributed by atoms with Gasteiger partial charge < -0.3 is 19.7 Å². The van der Waals surface area contributed by atoms with Crippen molar-refractivity contribution in [3.05, 3.63) is 119 Å². The van der Waals surface area contributed by atoms with Gasteiger partial charge in [0.2, 0.25) is 0 Å². The van der Waals surface area contributed by atoms with Gasteiger partial charge in [0, 0.05) is 5.56 Å². The Balaban J connectivity index is 1.65. The number of phenols is 1. The van der Waals surface area contributed by atoms with E-state index in [1.165, 1.54) is 11.0 Å². The SMILES string of the molecule is CCCOc1ccc(/C(O)=C2\C(=O)C(=O)N(c3ccccc3O)C2c2cccc(Oc3ccccc3)c2)cc1C. The molecule has 0 spiro atoms. The number of anilines is 1. The Morgan fingerprint density at radius 1 is 0.875 bits per heavy atom. The van der Waals surface area contributed by atoms with E-state index in [0.717, 1.165) is 12.0 Å². The van der Waals surface area contributed by atoms with Crippen molar-refractivity contribution < 1.29 is 29.3 Å². The number of carbonyl (C=O) groups excluding carboxylic acids is 2. The van der Waals surface area contributed by atoms with Gasteiger partial charge in [0.05, 0.1) is 23.9 Å². The number of benzene rings is 4. The van der Waals surface area contributed by atoms with Crippen LogP contribution in [0.1, 0.15) is 36.1 Å². The zero-order chi connectivity index (χ0) is 28.2. The monoisotopic (exact) mass is 535 g/mol. The average molecular weight is 536 g/mol. The summed E-state index contributed by atoms with van der Waals surface area (Å²) in [6.07, 6.45) is 0.851. The van der Waals surface area contributed by atoms with Crippen LogP contribution in [0.15, 0.2) is 103 Å². The molecule has 2 N–H and O–H groups in total. The summed E-state index contributed by atoms with van der Waals surface area (Å²) in [5.41, 5.74) is 1.74. The van der Waals surface area contributed by atoms with Gasteiger partial charge in [0.15, 0.2) is 0 Å². The van der Waals surface area contributed by atoms with Crippen LogP contribution in [0, 0.1) is 6.92 Å². The summed E-state index contributed by atoms with van der Waals surface area (Å²) in [7, 11) is 0. The van der Waals surface area contributed by atoms with E-state index in [1.807, 2.05) is 44.2 Å². The molecule has 1 aliphatic heterocycles. The first-order chi connectivity index (χ1) is 19.4. The molecule has 0 bridgehead atoms. The number of hydrogen-bond acceptors (Lipinski definition) is 6. The van der Waals surface area contributed by atoms with Gasteiger partial charge in [0.25, 0.3) is 11.7 Å². The first-order valence-electron chi connectivity index (χ1n) is 13.0. The second-order valence-corrected chi connectivity index (χ2v) is 9.47. The predicted octanol–water partition coefficient (Wildman–Crippen LogP) is 6.91. The maximum atomic E-state index is 13.5. The number of aromatic hydroxyl groups is 1. The van der Waals surface area contributed by atoms with Crippen LogP contribution in [0.5, 0.6) is 23.0 Å². The minimum absolute atomic E-state index is 0.0910. The molecule has 4 aromatic rings. The van der Waals surface area contributed by atoms with Crippen molar-refractivity contribution in [1.29, 1.82) is 0 Å². The Bertz CT molecular complexity index is 1590. The molecule has 1 atom stereocenters. The van der Waals surface area contributed by atoms with Gasteiger partial charge in [-0.25, -0.2) is 0 Å². The normalized spacial score (nSPS) is 16.2. The number of hydrogen-bond donors (Lipinski definition) is 2. The highest BCUT2D eigenvalue weighted by Crippen LogP contribution is 2.45. The fourth-order valence-corrected chi connectivity index (χ4v) is 4.76. The molecular formula is C33H29NO6. The van der Waals surface area contributed by atoms with Crippen molar-refractivity contribution in [2.45, 2.75) is 26.3 Å². The molecule has 1 amide bonds. The molecule has 1 saturated heterocycles. The Labute approximate surface area is 232 Å². The Morgan fingerprint density at radius 3 is 2.33 bits per heavy atom. The fraction of sp³-hybridized carbons (Fsp3) is 0.152. The quantitative estimate of drug-likeness (QED) is 0.145. The van der Waals surface area contributed by atoms with Gasteiger partial charge in [-0.1, -0.05) is 49.4 Å². The van der Waals surface area contributed by atoms with Gasteiger partial charge in [0.1, 0.15) is 28.8 Å². The number of aliphatic hydroxyl groups is 1. The predicted molar refractivity (Wildman–Crippen MR) is 153 cm³/mol. The second-order valence-electron chi connectivity index (χ2n) is 9.47. The summed E-state index contributed by atoms with van der Waals surface area (Å²) >= 11 is 0. The molecule has 0 radical (unpaired) electrons. The molecule has 7 heteroatoms. The number of ketones is 1. The van der Waals surface area contributed by atoms with E-state index < -0.39 is 17.7 Å². The Kier molecular flexibility index (Phi) is 7.55. The first kappa shape index (κ1) is 26.6. The van der Waals surface area contributed by atoms with Gasteiger partial charge >= 0.3 is 0 Å². The molecule has 1 fully saturated rings. The van der Waals surface area contributed by atoms with Gasteiger partial charge in [-0.15, -0.1) is 0 Å². The van der Waals surface area contributed by atoms with Gasteiger partial charge in [-0.05, 0) is 79.1 Å².